The molecule has 27 heavy (non-hydrogen) atoms. The number of hydrogen-bond acceptors (Lipinski definition) is 4. The molecule has 0 saturated carbocycles. The molecule has 2 unspecified atom stereocenters. The van der Waals surface area contributed by atoms with Gasteiger partial charge >= 0.3 is 0 Å². The van der Waals surface area contributed by atoms with Gasteiger partial charge < -0.3 is 19.9 Å². The largest absolute Gasteiger partial charge is 0.345 e. The fourth-order valence-electron chi connectivity index (χ4n) is 2.53. The Bertz CT molecular complexity index is 557. The Morgan fingerprint density at radius 2 is 1.67 bits per heavy atom. The molecule has 0 spiro atoms. The van der Waals surface area contributed by atoms with Crippen LogP contribution in [0.4, 0.5) is 0 Å². The van der Waals surface area contributed by atoms with E-state index in [-0.39, 0.29) is 29.3 Å². The van der Waals surface area contributed by atoms with Crippen molar-refractivity contribution >= 4 is 24.0 Å². The van der Waals surface area contributed by atoms with Gasteiger partial charge in [-0.1, -0.05) is 41.2 Å². The highest BCUT2D eigenvalue weighted by Gasteiger charge is 2.32. The summed E-state index contributed by atoms with van der Waals surface area (Å²) in [6.07, 6.45) is 2.11. The van der Waals surface area contributed by atoms with E-state index in [2.05, 4.69) is 11.9 Å². The first-order valence-corrected chi connectivity index (χ1v) is 9.46. The van der Waals surface area contributed by atoms with Crippen LogP contribution in [0.1, 0.15) is 53.9 Å². The van der Waals surface area contributed by atoms with Crippen molar-refractivity contribution in [2.45, 2.75) is 66.0 Å². The lowest BCUT2D eigenvalue weighted by Gasteiger charge is -2.32. The third kappa shape index (κ3) is 7.53. The Balaban J connectivity index is 5.40. The number of amides is 3. The van der Waals surface area contributed by atoms with Crippen LogP contribution in [0, 0.1) is 11.8 Å². The molecule has 7 heteroatoms. The molecule has 154 valence electrons. The molecule has 0 aromatic rings. The molecular formula is C20H35N3O4. The van der Waals surface area contributed by atoms with E-state index in [4.69, 9.17) is 0 Å². The molecule has 0 aromatic heterocycles. The summed E-state index contributed by atoms with van der Waals surface area (Å²) in [5, 5.41) is 2.71. The van der Waals surface area contributed by atoms with Crippen LogP contribution < -0.4 is 5.32 Å². The van der Waals surface area contributed by atoms with Crippen LogP contribution in [0.25, 0.3) is 0 Å². The minimum atomic E-state index is -0.759. The van der Waals surface area contributed by atoms with E-state index in [0.717, 1.165) is 0 Å². The van der Waals surface area contributed by atoms with E-state index >= 15 is 0 Å². The molecule has 1 N–H and O–H groups in total. The molecule has 0 radical (unpaired) electrons. The third-order valence-electron chi connectivity index (χ3n) is 4.45. The fraction of sp³-hybridized carbons (Fsp3) is 0.700. The molecule has 0 aliphatic carbocycles. The lowest BCUT2D eigenvalue weighted by molar-refractivity contribution is -0.140. The molecule has 3 amide bonds. The first kappa shape index (κ1) is 24.8. The van der Waals surface area contributed by atoms with Crippen LogP contribution in [0.15, 0.2) is 12.3 Å². The predicted octanol–water partition coefficient (Wildman–Crippen LogP) is 1.97. The lowest BCUT2D eigenvalue weighted by Crippen LogP contribution is -2.53. The van der Waals surface area contributed by atoms with Gasteiger partial charge in [-0.25, -0.2) is 0 Å². The monoisotopic (exact) mass is 381 g/mol. The summed E-state index contributed by atoms with van der Waals surface area (Å²) in [6, 6.07) is -1.38. The van der Waals surface area contributed by atoms with Gasteiger partial charge in [0.2, 0.25) is 11.8 Å². The van der Waals surface area contributed by atoms with Gasteiger partial charge in [-0.15, -0.1) is 0 Å². The Morgan fingerprint density at radius 1 is 1.11 bits per heavy atom. The maximum atomic E-state index is 12.8. The molecular weight excluding hydrogens is 346 g/mol. The van der Waals surface area contributed by atoms with Crippen molar-refractivity contribution < 1.29 is 19.2 Å². The van der Waals surface area contributed by atoms with Gasteiger partial charge in [-0.2, -0.15) is 0 Å². The summed E-state index contributed by atoms with van der Waals surface area (Å²) in [5.74, 6) is -0.983. The minimum Gasteiger partial charge on any atom is -0.345 e. The summed E-state index contributed by atoms with van der Waals surface area (Å²) >= 11 is 0. The van der Waals surface area contributed by atoms with E-state index < -0.39 is 18.0 Å². The van der Waals surface area contributed by atoms with Crippen LogP contribution in [0.3, 0.4) is 0 Å². The quantitative estimate of drug-likeness (QED) is 0.438. The lowest BCUT2D eigenvalue weighted by atomic mass is 10.00. The Hall–Kier alpha value is -2.18. The minimum absolute atomic E-state index is 0.0216. The van der Waals surface area contributed by atoms with Crippen LogP contribution in [-0.2, 0) is 19.2 Å². The first-order valence-electron chi connectivity index (χ1n) is 9.46. The van der Waals surface area contributed by atoms with Gasteiger partial charge in [0, 0.05) is 20.5 Å². The number of likely N-dealkylation sites (N-methyl/N-ethyl adjacent to an activating group) is 2. The SMILES string of the molecule is C=C(C(=O)N(C)C(CC(C)C)C(=O)NC(C=O)C(C)C)N(C)C(=O)CCC. The van der Waals surface area contributed by atoms with Crippen LogP contribution in [0.5, 0.6) is 0 Å². The predicted molar refractivity (Wildman–Crippen MR) is 106 cm³/mol. The molecule has 0 aromatic carbocycles. The number of carbonyl (C=O) groups is 4. The number of hydrogen-bond donors (Lipinski definition) is 1. The average molecular weight is 382 g/mol. The van der Waals surface area contributed by atoms with Crippen LogP contribution in [0.2, 0.25) is 0 Å². The van der Waals surface area contributed by atoms with Crippen molar-refractivity contribution in [2.75, 3.05) is 14.1 Å². The normalized spacial score (nSPS) is 13.1. The van der Waals surface area contributed by atoms with Crippen molar-refractivity contribution in [3.63, 3.8) is 0 Å². The third-order valence-corrected chi connectivity index (χ3v) is 4.45. The van der Waals surface area contributed by atoms with Crippen molar-refractivity contribution in [1.82, 2.24) is 15.1 Å². The van der Waals surface area contributed by atoms with Crippen molar-refractivity contribution in [2.24, 2.45) is 11.8 Å². The van der Waals surface area contributed by atoms with Crippen LogP contribution in [-0.4, -0.2) is 60.0 Å². The molecule has 0 saturated heterocycles. The van der Waals surface area contributed by atoms with Crippen molar-refractivity contribution in [3.05, 3.63) is 12.3 Å². The zero-order valence-corrected chi connectivity index (χ0v) is 17.7. The molecule has 7 nitrogen and oxygen atoms in total. The molecule has 0 aliphatic rings. The Morgan fingerprint density at radius 3 is 2.07 bits per heavy atom. The number of nitrogens with one attached hydrogen (secondary N) is 1. The zero-order chi connectivity index (χ0) is 21.3. The van der Waals surface area contributed by atoms with E-state index in [9.17, 15) is 19.2 Å². The number of rotatable bonds is 11. The second-order valence-corrected chi connectivity index (χ2v) is 7.63. The van der Waals surface area contributed by atoms with Crippen molar-refractivity contribution in [3.8, 4) is 0 Å². The summed E-state index contributed by atoms with van der Waals surface area (Å²) in [4.78, 5) is 51.3. The van der Waals surface area contributed by atoms with E-state index in [1.165, 1.54) is 23.9 Å². The van der Waals surface area contributed by atoms with Crippen LogP contribution >= 0.6 is 0 Å². The topological polar surface area (TPSA) is 86.8 Å². The van der Waals surface area contributed by atoms with E-state index in [1.54, 1.807) is 0 Å². The zero-order valence-electron chi connectivity index (χ0n) is 17.7. The molecule has 0 bridgehead atoms. The van der Waals surface area contributed by atoms with E-state index in [1.807, 2.05) is 34.6 Å². The van der Waals surface area contributed by atoms with Gasteiger partial charge in [0.05, 0.1) is 6.04 Å². The summed E-state index contributed by atoms with van der Waals surface area (Å²) in [7, 11) is 3.02. The highest BCUT2D eigenvalue weighted by atomic mass is 16.2. The van der Waals surface area contributed by atoms with Gasteiger partial charge in [0.25, 0.3) is 5.91 Å². The molecule has 0 aliphatic heterocycles. The summed E-state index contributed by atoms with van der Waals surface area (Å²) < 4.78 is 0. The number of carbonyl (C=O) groups excluding carboxylic acids is 4. The number of aldehydes is 1. The Kier molecular flexibility index (Phi) is 10.6. The molecule has 0 fully saturated rings. The summed E-state index contributed by atoms with van der Waals surface area (Å²) in [5.41, 5.74) is 0.0216. The number of nitrogens with zero attached hydrogens (tertiary/aromatic N) is 2. The first-order chi connectivity index (χ1) is 12.5. The second-order valence-electron chi connectivity index (χ2n) is 7.63. The highest BCUT2D eigenvalue weighted by Crippen LogP contribution is 2.15. The van der Waals surface area contributed by atoms with Gasteiger partial charge in [0.1, 0.15) is 18.0 Å². The van der Waals surface area contributed by atoms with E-state index in [0.29, 0.717) is 25.5 Å². The maximum Gasteiger partial charge on any atom is 0.270 e. The fourth-order valence-corrected chi connectivity index (χ4v) is 2.53. The van der Waals surface area contributed by atoms with Gasteiger partial charge in [0.15, 0.2) is 0 Å². The van der Waals surface area contributed by atoms with Gasteiger partial charge in [-0.3, -0.25) is 14.4 Å². The van der Waals surface area contributed by atoms with Gasteiger partial charge in [-0.05, 0) is 24.7 Å². The summed E-state index contributed by atoms with van der Waals surface area (Å²) in [6.45, 7) is 13.2. The van der Waals surface area contributed by atoms with Crippen molar-refractivity contribution in [1.29, 1.82) is 0 Å². The maximum absolute atomic E-state index is 12.8. The molecule has 0 heterocycles. The highest BCUT2D eigenvalue weighted by molar-refractivity contribution is 5.99. The smallest absolute Gasteiger partial charge is 0.270 e. The molecule has 0 rings (SSSR count). The molecule has 2 atom stereocenters. The second kappa shape index (κ2) is 11.5. The average Bonchev–Trinajstić information content (AvgIpc) is 2.61. The standard InChI is InChI=1S/C20H35N3O4/c1-9-10-18(25)22(7)15(6)20(27)23(8)17(11-13(2)3)19(26)21-16(12-24)14(4)5/h12-14,16-17H,6,9-11H2,1-5,7-8H3,(H,21,26). The Labute approximate surface area is 163 Å².